The monoisotopic (exact) mass is 471 g/mol. The maximum atomic E-state index is 12.7. The number of carbonyl (C=O) groups is 1. The minimum atomic E-state index is -0.175. The molecule has 0 spiro atoms. The van der Waals surface area contributed by atoms with Gasteiger partial charge in [-0.2, -0.15) is 0 Å². The molecule has 1 saturated carbocycles. The molecule has 180 valence electrons. The second kappa shape index (κ2) is 10.1. The van der Waals surface area contributed by atoms with Crippen molar-refractivity contribution in [1.82, 2.24) is 19.9 Å². The summed E-state index contributed by atoms with van der Waals surface area (Å²) >= 11 is 0. The Labute approximate surface area is 205 Å². The van der Waals surface area contributed by atoms with Gasteiger partial charge in [-0.3, -0.25) is 5.32 Å². The van der Waals surface area contributed by atoms with Crippen LogP contribution in [0, 0.1) is 5.92 Å². The van der Waals surface area contributed by atoms with E-state index in [1.165, 1.54) is 43.5 Å². The second-order valence-corrected chi connectivity index (χ2v) is 9.07. The summed E-state index contributed by atoms with van der Waals surface area (Å²) in [4.78, 5) is 27.2. The summed E-state index contributed by atoms with van der Waals surface area (Å²) in [5.41, 5.74) is 3.68. The van der Waals surface area contributed by atoms with Crippen molar-refractivity contribution in [2.75, 3.05) is 25.5 Å². The van der Waals surface area contributed by atoms with Crippen LogP contribution in [0.5, 0.6) is 17.5 Å². The summed E-state index contributed by atoms with van der Waals surface area (Å²) in [5.74, 6) is 3.09. The van der Waals surface area contributed by atoms with Crippen molar-refractivity contribution >= 4 is 17.9 Å². The number of likely N-dealkylation sites (tertiary alicyclic amines) is 1. The van der Waals surface area contributed by atoms with Crippen molar-refractivity contribution in [2.24, 2.45) is 5.92 Å². The number of nitrogens with one attached hydrogen (secondary N) is 1. The molecule has 1 unspecified atom stereocenters. The molecule has 1 atom stereocenters. The summed E-state index contributed by atoms with van der Waals surface area (Å²) in [5, 5.41) is 2.81. The van der Waals surface area contributed by atoms with Gasteiger partial charge >= 0.3 is 6.03 Å². The number of methoxy groups -OCH3 is 1. The number of amides is 2. The van der Waals surface area contributed by atoms with Gasteiger partial charge in [-0.15, -0.1) is 0 Å². The van der Waals surface area contributed by atoms with Crippen LogP contribution in [0.2, 0.25) is 0 Å². The maximum Gasteiger partial charge on any atom is 0.323 e. The molecule has 8 nitrogen and oxygen atoms in total. The van der Waals surface area contributed by atoms with Crippen LogP contribution >= 0.6 is 0 Å². The van der Waals surface area contributed by atoms with Crippen LogP contribution in [0.25, 0.3) is 6.08 Å². The largest absolute Gasteiger partial charge is 0.480 e. The zero-order chi connectivity index (χ0) is 24.2. The molecule has 1 N–H and O–H groups in total. The first-order valence-corrected chi connectivity index (χ1v) is 11.9. The van der Waals surface area contributed by atoms with E-state index in [0.717, 1.165) is 17.7 Å². The summed E-state index contributed by atoms with van der Waals surface area (Å²) in [6.45, 7) is 3.41. The minimum Gasteiger partial charge on any atom is -0.480 e. The number of hydrogen-bond donors (Lipinski definition) is 1. The quantitative estimate of drug-likeness (QED) is 0.510. The summed E-state index contributed by atoms with van der Waals surface area (Å²) in [6, 6.07) is 11.9. The van der Waals surface area contributed by atoms with E-state index in [1.807, 2.05) is 35.4 Å². The molecular weight excluding hydrogens is 442 g/mol. The lowest BCUT2D eigenvalue weighted by molar-refractivity contribution is 0.197. The average Bonchev–Trinajstić information content (AvgIpc) is 3.72. The molecule has 3 heterocycles. The van der Waals surface area contributed by atoms with Gasteiger partial charge in [-0.05, 0) is 54.4 Å². The van der Waals surface area contributed by atoms with E-state index in [4.69, 9.17) is 9.47 Å². The lowest BCUT2D eigenvalue weighted by Crippen LogP contribution is -2.42. The Bertz CT molecular complexity index is 1210. The number of aromatic nitrogens is 3. The topological polar surface area (TPSA) is 89.5 Å². The van der Waals surface area contributed by atoms with Crippen molar-refractivity contribution in [3.63, 3.8) is 0 Å². The molecule has 1 aliphatic carbocycles. The zero-order valence-electron chi connectivity index (χ0n) is 20.0. The van der Waals surface area contributed by atoms with Gasteiger partial charge in [0.25, 0.3) is 0 Å². The predicted molar refractivity (Wildman–Crippen MR) is 134 cm³/mol. The van der Waals surface area contributed by atoms with Gasteiger partial charge in [0.05, 0.1) is 19.5 Å². The number of hydrogen-bond acceptors (Lipinski definition) is 6. The molecule has 8 heteroatoms. The molecule has 1 saturated heterocycles. The highest BCUT2D eigenvalue weighted by Crippen LogP contribution is 2.40. The fourth-order valence-electron chi connectivity index (χ4n) is 4.24. The number of nitrogens with zero attached hydrogens (tertiary/aromatic N) is 4. The highest BCUT2D eigenvalue weighted by molar-refractivity contribution is 5.88. The molecule has 5 rings (SSSR count). The SMILES string of the molecule is COc1cnc(NC(=O)N2CC/C(=C\c3cccc(Oc4ccc(C5CC5)cn4)c3)C(C)C2)cn1. The number of benzene rings is 1. The van der Waals surface area contributed by atoms with Crippen molar-refractivity contribution in [1.29, 1.82) is 0 Å². The normalized spacial score (nSPS) is 18.9. The Morgan fingerprint density at radius 3 is 2.63 bits per heavy atom. The van der Waals surface area contributed by atoms with E-state index in [1.54, 1.807) is 0 Å². The molecule has 0 bridgehead atoms. The summed E-state index contributed by atoms with van der Waals surface area (Å²) < 4.78 is 11.0. The Morgan fingerprint density at radius 2 is 1.94 bits per heavy atom. The maximum absolute atomic E-state index is 12.7. The third-order valence-electron chi connectivity index (χ3n) is 6.40. The number of carbonyl (C=O) groups excluding carboxylic acids is 1. The first kappa shape index (κ1) is 22.8. The Morgan fingerprint density at radius 1 is 1.09 bits per heavy atom. The summed E-state index contributed by atoms with van der Waals surface area (Å²) in [7, 11) is 1.52. The van der Waals surface area contributed by atoms with Gasteiger partial charge in [-0.1, -0.05) is 36.8 Å². The number of ether oxygens (including phenoxy) is 2. The number of piperidine rings is 1. The zero-order valence-corrected chi connectivity index (χ0v) is 20.0. The standard InChI is InChI=1S/C27H29N5O3/c1-18-17-32(27(33)31-24-15-30-26(34-2)16-28-24)11-10-21(18)12-19-4-3-5-23(13-19)35-25-9-8-22(14-29-25)20-6-7-20/h3-5,8-9,12-16,18,20H,6-7,10-11,17H2,1-2H3,(H,28,31,33)/b21-12+. The van der Waals surface area contributed by atoms with Crippen LogP contribution in [-0.4, -0.2) is 46.1 Å². The molecule has 2 aliphatic rings. The Balaban J connectivity index is 1.19. The Kier molecular flexibility index (Phi) is 6.61. The van der Waals surface area contributed by atoms with Crippen molar-refractivity contribution < 1.29 is 14.3 Å². The lowest BCUT2D eigenvalue weighted by atomic mass is 9.91. The molecule has 2 aromatic heterocycles. The van der Waals surface area contributed by atoms with Crippen LogP contribution in [0.1, 0.15) is 43.2 Å². The average molecular weight is 472 g/mol. The van der Waals surface area contributed by atoms with Crippen molar-refractivity contribution in [3.8, 4) is 17.5 Å². The highest BCUT2D eigenvalue weighted by Gasteiger charge is 2.25. The first-order valence-electron chi connectivity index (χ1n) is 11.9. The summed E-state index contributed by atoms with van der Waals surface area (Å²) in [6.07, 6.45) is 10.4. The fourth-order valence-corrected chi connectivity index (χ4v) is 4.24. The van der Waals surface area contributed by atoms with Crippen LogP contribution in [0.15, 0.2) is 60.6 Å². The number of urea groups is 1. The van der Waals surface area contributed by atoms with E-state index in [0.29, 0.717) is 36.6 Å². The van der Waals surface area contributed by atoms with Gasteiger partial charge in [0.2, 0.25) is 11.8 Å². The second-order valence-electron chi connectivity index (χ2n) is 9.07. The van der Waals surface area contributed by atoms with E-state index in [-0.39, 0.29) is 11.9 Å². The molecule has 2 amide bonds. The van der Waals surface area contributed by atoms with Crippen LogP contribution in [-0.2, 0) is 0 Å². The third kappa shape index (κ3) is 5.77. The van der Waals surface area contributed by atoms with Gasteiger partial charge in [0.15, 0.2) is 5.82 Å². The van der Waals surface area contributed by atoms with Gasteiger partial charge in [0, 0.05) is 25.4 Å². The number of pyridine rings is 1. The fraction of sp³-hybridized carbons (Fsp3) is 0.333. The lowest BCUT2D eigenvalue weighted by Gasteiger charge is -2.33. The van der Waals surface area contributed by atoms with Crippen LogP contribution in [0.4, 0.5) is 10.6 Å². The van der Waals surface area contributed by atoms with E-state index >= 15 is 0 Å². The van der Waals surface area contributed by atoms with E-state index < -0.39 is 0 Å². The van der Waals surface area contributed by atoms with E-state index in [9.17, 15) is 4.79 Å². The minimum absolute atomic E-state index is 0.175. The van der Waals surface area contributed by atoms with Crippen molar-refractivity contribution in [2.45, 2.75) is 32.1 Å². The molecular formula is C27H29N5O3. The van der Waals surface area contributed by atoms with Crippen LogP contribution < -0.4 is 14.8 Å². The van der Waals surface area contributed by atoms with Crippen LogP contribution in [0.3, 0.4) is 0 Å². The van der Waals surface area contributed by atoms with E-state index in [2.05, 4.69) is 45.4 Å². The molecule has 35 heavy (non-hydrogen) atoms. The first-order chi connectivity index (χ1) is 17.1. The molecule has 2 fully saturated rings. The predicted octanol–water partition coefficient (Wildman–Crippen LogP) is 5.51. The van der Waals surface area contributed by atoms with Crippen molar-refractivity contribution in [3.05, 3.63) is 71.7 Å². The van der Waals surface area contributed by atoms with Gasteiger partial charge in [0.1, 0.15) is 5.75 Å². The smallest absolute Gasteiger partial charge is 0.323 e. The third-order valence-corrected chi connectivity index (χ3v) is 6.40. The Hall–Kier alpha value is -3.94. The highest BCUT2D eigenvalue weighted by atomic mass is 16.5. The molecule has 1 aliphatic heterocycles. The van der Waals surface area contributed by atoms with Gasteiger partial charge in [-0.25, -0.2) is 19.7 Å². The number of anilines is 1. The molecule has 1 aromatic carbocycles. The molecule has 3 aromatic rings. The number of rotatable bonds is 6. The van der Waals surface area contributed by atoms with Gasteiger partial charge < -0.3 is 14.4 Å². The molecule has 0 radical (unpaired) electrons.